The SMILES string of the molecule is CN(C)c1ccc(N=Cc2scc(-c3ccccc3)[n+]2C)cc1. The highest BCUT2D eigenvalue weighted by molar-refractivity contribution is 7.11. The van der Waals surface area contributed by atoms with Crippen molar-refractivity contribution in [1.29, 1.82) is 0 Å². The molecule has 4 heteroatoms. The highest BCUT2D eigenvalue weighted by atomic mass is 32.1. The second-order valence-electron chi connectivity index (χ2n) is 5.55. The number of aromatic nitrogens is 1. The molecule has 0 aliphatic rings. The molecule has 0 saturated carbocycles. The molecule has 0 spiro atoms. The van der Waals surface area contributed by atoms with Crippen molar-refractivity contribution in [2.75, 3.05) is 19.0 Å². The summed E-state index contributed by atoms with van der Waals surface area (Å²) in [6, 6.07) is 18.7. The first kappa shape index (κ1) is 15.4. The van der Waals surface area contributed by atoms with Gasteiger partial charge in [-0.2, -0.15) is 4.57 Å². The van der Waals surface area contributed by atoms with Crippen LogP contribution in [0, 0.1) is 0 Å². The normalized spacial score (nSPS) is 11.1. The standard InChI is InChI=1S/C19H20N3S/c1-21(2)17-11-9-16(10-12-17)20-13-19-22(3)18(14-23-19)15-7-5-4-6-8-15/h4-14H,1-3H3/q+1. The molecular formula is C19H20N3S+. The zero-order valence-electron chi connectivity index (χ0n) is 13.6. The van der Waals surface area contributed by atoms with Gasteiger partial charge in [0.25, 0.3) is 5.01 Å². The fraction of sp³-hybridized carbons (Fsp3) is 0.158. The molecule has 0 amide bonds. The van der Waals surface area contributed by atoms with Crippen LogP contribution in [0.25, 0.3) is 11.3 Å². The summed E-state index contributed by atoms with van der Waals surface area (Å²) in [4.78, 5) is 6.67. The molecule has 116 valence electrons. The van der Waals surface area contributed by atoms with Gasteiger partial charge in [-0.3, -0.25) is 0 Å². The van der Waals surface area contributed by atoms with Crippen LogP contribution in [0.3, 0.4) is 0 Å². The smallest absolute Gasteiger partial charge is 0.280 e. The van der Waals surface area contributed by atoms with Crippen molar-refractivity contribution in [3.63, 3.8) is 0 Å². The quantitative estimate of drug-likeness (QED) is 0.524. The van der Waals surface area contributed by atoms with Gasteiger partial charge < -0.3 is 4.90 Å². The Kier molecular flexibility index (Phi) is 4.53. The Morgan fingerprint density at radius 2 is 1.70 bits per heavy atom. The van der Waals surface area contributed by atoms with Crippen LogP contribution in [-0.2, 0) is 7.05 Å². The van der Waals surface area contributed by atoms with E-state index in [0.29, 0.717) is 0 Å². The van der Waals surface area contributed by atoms with Gasteiger partial charge in [-0.05, 0) is 36.4 Å². The molecule has 0 aliphatic carbocycles. The van der Waals surface area contributed by atoms with Crippen molar-refractivity contribution in [1.82, 2.24) is 0 Å². The maximum atomic E-state index is 4.59. The van der Waals surface area contributed by atoms with Crippen molar-refractivity contribution in [3.8, 4) is 11.3 Å². The van der Waals surface area contributed by atoms with E-state index in [1.54, 1.807) is 11.3 Å². The van der Waals surface area contributed by atoms with Gasteiger partial charge in [-0.25, -0.2) is 4.99 Å². The monoisotopic (exact) mass is 322 g/mol. The average molecular weight is 322 g/mol. The summed E-state index contributed by atoms with van der Waals surface area (Å²) in [5, 5.41) is 3.30. The van der Waals surface area contributed by atoms with E-state index in [4.69, 9.17) is 0 Å². The zero-order chi connectivity index (χ0) is 16.2. The molecular weight excluding hydrogens is 302 g/mol. The maximum Gasteiger partial charge on any atom is 0.280 e. The van der Waals surface area contributed by atoms with Gasteiger partial charge in [-0.1, -0.05) is 29.5 Å². The lowest BCUT2D eigenvalue weighted by Crippen LogP contribution is -2.32. The highest BCUT2D eigenvalue weighted by Crippen LogP contribution is 2.20. The Hall–Kier alpha value is -2.46. The van der Waals surface area contributed by atoms with Gasteiger partial charge in [-0.15, -0.1) is 0 Å². The average Bonchev–Trinajstić information content (AvgIpc) is 2.95. The Morgan fingerprint density at radius 3 is 2.35 bits per heavy atom. The van der Waals surface area contributed by atoms with E-state index in [9.17, 15) is 0 Å². The summed E-state index contributed by atoms with van der Waals surface area (Å²) in [7, 11) is 6.15. The molecule has 0 atom stereocenters. The second-order valence-corrected chi connectivity index (χ2v) is 6.44. The van der Waals surface area contributed by atoms with Crippen LogP contribution < -0.4 is 9.47 Å². The third-order valence-electron chi connectivity index (χ3n) is 3.74. The minimum absolute atomic E-state index is 0.963. The number of nitrogens with zero attached hydrogens (tertiary/aromatic N) is 3. The van der Waals surface area contributed by atoms with Crippen LogP contribution >= 0.6 is 11.3 Å². The zero-order valence-corrected chi connectivity index (χ0v) is 14.4. The van der Waals surface area contributed by atoms with E-state index in [1.165, 1.54) is 16.9 Å². The summed E-state index contributed by atoms with van der Waals surface area (Å²) in [6.07, 6.45) is 1.93. The van der Waals surface area contributed by atoms with Crippen molar-refractivity contribution < 1.29 is 4.57 Å². The van der Waals surface area contributed by atoms with E-state index >= 15 is 0 Å². The summed E-state index contributed by atoms with van der Waals surface area (Å²) in [6.45, 7) is 0. The van der Waals surface area contributed by atoms with Crippen molar-refractivity contribution in [3.05, 3.63) is 65.0 Å². The van der Waals surface area contributed by atoms with Crippen molar-refractivity contribution in [2.24, 2.45) is 12.0 Å². The van der Waals surface area contributed by atoms with E-state index in [2.05, 4.69) is 63.3 Å². The summed E-state index contributed by atoms with van der Waals surface area (Å²) in [5.41, 5.74) is 4.57. The van der Waals surface area contributed by atoms with Crippen LogP contribution in [0.15, 0.2) is 65.0 Å². The van der Waals surface area contributed by atoms with Gasteiger partial charge in [0.2, 0.25) is 5.69 Å². The molecule has 1 aromatic heterocycles. The lowest BCUT2D eigenvalue weighted by Gasteiger charge is -2.11. The molecule has 0 saturated heterocycles. The minimum atomic E-state index is 0.963. The number of hydrogen-bond acceptors (Lipinski definition) is 3. The van der Waals surface area contributed by atoms with Gasteiger partial charge in [0.1, 0.15) is 13.3 Å². The predicted molar refractivity (Wildman–Crippen MR) is 99.0 cm³/mol. The van der Waals surface area contributed by atoms with Gasteiger partial charge >= 0.3 is 0 Å². The molecule has 3 rings (SSSR count). The molecule has 1 heterocycles. The van der Waals surface area contributed by atoms with Gasteiger partial charge in [0, 0.05) is 25.3 Å². The molecule has 3 aromatic rings. The Balaban J connectivity index is 1.82. The summed E-state index contributed by atoms with van der Waals surface area (Å²) in [5.74, 6) is 0. The molecule has 3 nitrogen and oxygen atoms in total. The number of aliphatic imine (C=N–C) groups is 1. The predicted octanol–water partition coefficient (Wildman–Crippen LogP) is 4.06. The minimum Gasteiger partial charge on any atom is -0.378 e. The molecule has 23 heavy (non-hydrogen) atoms. The Bertz CT molecular complexity index is 802. The lowest BCUT2D eigenvalue weighted by atomic mass is 10.2. The van der Waals surface area contributed by atoms with Gasteiger partial charge in [0.05, 0.1) is 11.1 Å². The molecule has 0 bridgehead atoms. The lowest BCUT2D eigenvalue weighted by molar-refractivity contribution is -0.656. The third kappa shape index (κ3) is 3.48. The van der Waals surface area contributed by atoms with Crippen LogP contribution in [0.1, 0.15) is 5.01 Å². The molecule has 0 N–H and O–H groups in total. The van der Waals surface area contributed by atoms with Crippen molar-refractivity contribution in [2.45, 2.75) is 0 Å². The fourth-order valence-corrected chi connectivity index (χ4v) is 3.24. The summed E-state index contributed by atoms with van der Waals surface area (Å²) >= 11 is 1.70. The summed E-state index contributed by atoms with van der Waals surface area (Å²) < 4.78 is 2.18. The van der Waals surface area contributed by atoms with E-state index < -0.39 is 0 Å². The number of benzene rings is 2. The number of hydrogen-bond donors (Lipinski definition) is 0. The number of thiazole rings is 1. The topological polar surface area (TPSA) is 19.5 Å². The fourth-order valence-electron chi connectivity index (χ4n) is 2.35. The Morgan fingerprint density at radius 1 is 1.00 bits per heavy atom. The first-order valence-corrected chi connectivity index (χ1v) is 8.37. The van der Waals surface area contributed by atoms with E-state index in [0.717, 1.165) is 10.7 Å². The second kappa shape index (κ2) is 6.75. The third-order valence-corrected chi connectivity index (χ3v) is 4.70. The molecule has 0 radical (unpaired) electrons. The molecule has 0 fully saturated rings. The van der Waals surface area contributed by atoms with Crippen molar-refractivity contribution >= 4 is 28.9 Å². The maximum absolute atomic E-state index is 4.59. The van der Waals surface area contributed by atoms with Gasteiger partial charge in [0.15, 0.2) is 0 Å². The molecule has 0 unspecified atom stereocenters. The Labute approximate surface area is 141 Å². The highest BCUT2D eigenvalue weighted by Gasteiger charge is 2.16. The first-order valence-electron chi connectivity index (χ1n) is 7.49. The first-order chi connectivity index (χ1) is 11.1. The molecule has 0 aliphatic heterocycles. The largest absolute Gasteiger partial charge is 0.378 e. The van der Waals surface area contributed by atoms with Crippen LogP contribution in [0.4, 0.5) is 11.4 Å². The van der Waals surface area contributed by atoms with Crippen LogP contribution in [-0.4, -0.2) is 20.3 Å². The van der Waals surface area contributed by atoms with Crippen LogP contribution in [0.2, 0.25) is 0 Å². The van der Waals surface area contributed by atoms with E-state index in [-0.39, 0.29) is 0 Å². The van der Waals surface area contributed by atoms with Crippen LogP contribution in [0.5, 0.6) is 0 Å². The molecule has 2 aromatic carbocycles. The number of rotatable bonds is 4. The van der Waals surface area contributed by atoms with E-state index in [1.807, 2.05) is 38.5 Å². The number of anilines is 1.